The van der Waals surface area contributed by atoms with Crippen LogP contribution in [0.1, 0.15) is 54.1 Å². The highest BCUT2D eigenvalue weighted by Crippen LogP contribution is 2.47. The molecular weight excluding hydrogens is 599 g/mol. The maximum atomic E-state index is 13.7. The summed E-state index contributed by atoms with van der Waals surface area (Å²) >= 11 is 5.92. The van der Waals surface area contributed by atoms with Gasteiger partial charge < -0.3 is 9.47 Å². The molecule has 0 saturated heterocycles. The summed E-state index contributed by atoms with van der Waals surface area (Å²) in [5.74, 6) is 0. The van der Waals surface area contributed by atoms with Crippen LogP contribution in [0.5, 0.6) is 0 Å². The molecule has 1 aliphatic heterocycles. The highest BCUT2D eigenvalue weighted by molar-refractivity contribution is 6.31. The average Bonchev–Trinajstić information content (AvgIpc) is 2.84. The van der Waals surface area contributed by atoms with E-state index < -0.39 is 76.6 Å². The van der Waals surface area contributed by atoms with E-state index in [0.29, 0.717) is 18.2 Å². The lowest BCUT2D eigenvalue weighted by Gasteiger charge is -2.43. The van der Waals surface area contributed by atoms with E-state index in [1.807, 2.05) is 0 Å². The molecule has 0 spiro atoms. The van der Waals surface area contributed by atoms with Crippen molar-refractivity contribution in [1.29, 1.82) is 0 Å². The zero-order valence-corrected chi connectivity index (χ0v) is 22.2. The van der Waals surface area contributed by atoms with Crippen LogP contribution < -0.4 is 4.90 Å². The molecule has 3 rings (SSSR count). The fraction of sp³-hybridized carbons (Fsp3) is 0.440. The van der Waals surface area contributed by atoms with Crippen molar-refractivity contribution in [2.24, 2.45) is 0 Å². The molecular formula is C25H22ClF9N2O4. The third-order valence-corrected chi connectivity index (χ3v) is 6.61. The SMILES string of the molecule is CCOC(=O)N1c2cc(C(F)(F)F)c(Cl)cc2[C@H](N(Cc2cc(C(F)(F)F)cc(C(F)(F)F)c2)C(=O)OC)C[C@@H]1C. The van der Waals surface area contributed by atoms with Gasteiger partial charge in [0.2, 0.25) is 0 Å². The van der Waals surface area contributed by atoms with Gasteiger partial charge in [0.1, 0.15) is 0 Å². The Hall–Kier alpha value is -3.36. The van der Waals surface area contributed by atoms with Crippen LogP contribution in [-0.2, 0) is 34.5 Å². The normalized spacial score (nSPS) is 17.6. The van der Waals surface area contributed by atoms with Crippen molar-refractivity contribution in [3.63, 3.8) is 0 Å². The van der Waals surface area contributed by atoms with Gasteiger partial charge in [0, 0.05) is 18.2 Å². The largest absolute Gasteiger partial charge is 0.453 e. The summed E-state index contributed by atoms with van der Waals surface area (Å²) in [4.78, 5) is 27.2. The molecule has 2 aromatic rings. The number of nitrogens with zero attached hydrogens (tertiary/aromatic N) is 2. The molecule has 0 bridgehead atoms. The number of alkyl halides is 9. The summed E-state index contributed by atoms with van der Waals surface area (Å²) in [5.41, 5.74) is -5.66. The second kappa shape index (κ2) is 11.5. The molecule has 0 unspecified atom stereocenters. The Kier molecular flexibility index (Phi) is 9.01. The van der Waals surface area contributed by atoms with E-state index in [1.165, 1.54) is 13.8 Å². The molecule has 0 saturated carbocycles. The maximum Gasteiger partial charge on any atom is 0.417 e. The highest BCUT2D eigenvalue weighted by Gasteiger charge is 2.43. The Morgan fingerprint density at radius 2 is 1.51 bits per heavy atom. The van der Waals surface area contributed by atoms with Crippen LogP contribution in [-0.4, -0.2) is 36.8 Å². The Balaban J connectivity index is 2.23. The van der Waals surface area contributed by atoms with Crippen molar-refractivity contribution in [2.75, 3.05) is 18.6 Å². The number of amides is 2. The number of carbonyl (C=O) groups excluding carboxylic acids is 2. The highest BCUT2D eigenvalue weighted by atomic mass is 35.5. The topological polar surface area (TPSA) is 59.1 Å². The van der Waals surface area contributed by atoms with E-state index in [9.17, 15) is 49.1 Å². The number of fused-ring (bicyclic) bond motifs is 1. The monoisotopic (exact) mass is 620 g/mol. The summed E-state index contributed by atoms with van der Waals surface area (Å²) in [6.45, 7) is 1.87. The molecule has 0 radical (unpaired) electrons. The first-order valence-corrected chi connectivity index (χ1v) is 12.2. The van der Waals surface area contributed by atoms with Gasteiger partial charge in [0.25, 0.3) is 0 Å². The number of hydrogen-bond donors (Lipinski definition) is 0. The van der Waals surface area contributed by atoms with Gasteiger partial charge in [0.15, 0.2) is 0 Å². The quantitative estimate of drug-likeness (QED) is 0.322. The number of hydrogen-bond acceptors (Lipinski definition) is 4. The third kappa shape index (κ3) is 6.93. The third-order valence-electron chi connectivity index (χ3n) is 6.30. The van der Waals surface area contributed by atoms with Gasteiger partial charge in [-0.25, -0.2) is 9.59 Å². The standard InChI is InChI=1S/C25H22ClF9N2O4/c1-4-41-22(39)37-12(2)5-19(16-9-18(26)17(10-20(16)37)25(33,34)35)36(21(38)40-3)11-13-6-14(23(27,28)29)8-15(7-13)24(30,31)32/h6-10,12,19H,4-5,11H2,1-3H3/t12-,19+/m0/s1. The zero-order valence-electron chi connectivity index (χ0n) is 21.5. The molecule has 0 aliphatic carbocycles. The van der Waals surface area contributed by atoms with E-state index in [1.54, 1.807) is 0 Å². The molecule has 41 heavy (non-hydrogen) atoms. The van der Waals surface area contributed by atoms with Crippen molar-refractivity contribution in [3.05, 3.63) is 63.2 Å². The summed E-state index contributed by atoms with van der Waals surface area (Å²) in [6, 6.07) is -0.0780. The van der Waals surface area contributed by atoms with Gasteiger partial charge in [-0.3, -0.25) is 9.80 Å². The molecule has 2 aromatic carbocycles. The van der Waals surface area contributed by atoms with Crippen molar-refractivity contribution >= 4 is 29.5 Å². The lowest BCUT2D eigenvalue weighted by molar-refractivity contribution is -0.143. The molecule has 2 atom stereocenters. The first kappa shape index (κ1) is 32.2. The Morgan fingerprint density at radius 3 is 1.98 bits per heavy atom. The molecule has 1 heterocycles. The van der Waals surface area contributed by atoms with E-state index in [2.05, 4.69) is 0 Å². The second-order valence-electron chi connectivity index (χ2n) is 9.07. The van der Waals surface area contributed by atoms with E-state index in [-0.39, 0.29) is 30.3 Å². The molecule has 6 nitrogen and oxygen atoms in total. The van der Waals surface area contributed by atoms with Crippen LogP contribution >= 0.6 is 11.6 Å². The molecule has 1 aliphatic rings. The van der Waals surface area contributed by atoms with Gasteiger partial charge in [-0.05, 0) is 56.2 Å². The summed E-state index contributed by atoms with van der Waals surface area (Å²) in [5, 5.41) is -0.817. The summed E-state index contributed by atoms with van der Waals surface area (Å²) < 4.78 is 131. The predicted octanol–water partition coefficient (Wildman–Crippen LogP) is 8.46. The van der Waals surface area contributed by atoms with E-state index in [4.69, 9.17) is 21.1 Å². The summed E-state index contributed by atoms with van der Waals surface area (Å²) in [6.07, 6.45) is -17.7. The molecule has 16 heteroatoms. The fourth-order valence-corrected chi connectivity index (χ4v) is 4.84. The number of rotatable bonds is 4. The minimum absolute atomic E-state index is 0.0837. The van der Waals surface area contributed by atoms with Crippen molar-refractivity contribution in [3.8, 4) is 0 Å². The van der Waals surface area contributed by atoms with Gasteiger partial charge in [0.05, 0.1) is 47.2 Å². The lowest BCUT2D eigenvalue weighted by atomic mass is 9.89. The number of carbonyl (C=O) groups is 2. The molecule has 2 amide bonds. The zero-order chi connectivity index (χ0) is 31.1. The Labute approximate surface area is 232 Å². The fourth-order valence-electron chi connectivity index (χ4n) is 4.56. The predicted molar refractivity (Wildman–Crippen MR) is 127 cm³/mol. The van der Waals surface area contributed by atoms with Gasteiger partial charge in [-0.15, -0.1) is 0 Å². The van der Waals surface area contributed by atoms with Gasteiger partial charge >= 0.3 is 30.7 Å². The summed E-state index contributed by atoms with van der Waals surface area (Å²) in [7, 11) is 0.903. The smallest absolute Gasteiger partial charge is 0.417 e. The number of benzene rings is 2. The average molecular weight is 621 g/mol. The van der Waals surface area contributed by atoms with Crippen molar-refractivity contribution < 1.29 is 58.6 Å². The maximum absolute atomic E-state index is 13.7. The van der Waals surface area contributed by atoms with Crippen LogP contribution in [0.15, 0.2) is 30.3 Å². The van der Waals surface area contributed by atoms with Gasteiger partial charge in [-0.2, -0.15) is 39.5 Å². The number of anilines is 1. The first-order valence-electron chi connectivity index (χ1n) is 11.8. The lowest BCUT2D eigenvalue weighted by Crippen LogP contribution is -2.47. The van der Waals surface area contributed by atoms with Crippen LogP contribution in [0.3, 0.4) is 0 Å². The molecule has 0 aromatic heterocycles. The number of halogens is 10. The van der Waals surface area contributed by atoms with E-state index in [0.717, 1.165) is 23.0 Å². The van der Waals surface area contributed by atoms with Gasteiger partial charge in [-0.1, -0.05) is 11.6 Å². The molecule has 226 valence electrons. The number of ether oxygens (including phenoxy) is 2. The minimum Gasteiger partial charge on any atom is -0.453 e. The first-order chi connectivity index (χ1) is 18.8. The molecule has 0 fully saturated rings. The van der Waals surface area contributed by atoms with Crippen molar-refractivity contribution in [2.45, 2.75) is 57.4 Å². The Morgan fingerprint density at radius 1 is 0.951 bits per heavy atom. The molecule has 0 N–H and O–H groups in total. The Bertz CT molecular complexity index is 1280. The number of methoxy groups -OCH3 is 1. The van der Waals surface area contributed by atoms with Crippen LogP contribution in [0, 0.1) is 0 Å². The van der Waals surface area contributed by atoms with Crippen LogP contribution in [0.2, 0.25) is 5.02 Å². The van der Waals surface area contributed by atoms with E-state index >= 15 is 0 Å². The second-order valence-corrected chi connectivity index (χ2v) is 9.48. The van der Waals surface area contributed by atoms with Crippen LogP contribution in [0.4, 0.5) is 54.8 Å². The van der Waals surface area contributed by atoms with Crippen LogP contribution in [0.25, 0.3) is 0 Å². The van der Waals surface area contributed by atoms with Crippen molar-refractivity contribution in [1.82, 2.24) is 4.90 Å². The minimum atomic E-state index is -5.17.